The fourth-order valence-electron chi connectivity index (χ4n) is 2.90. The normalized spacial score (nSPS) is 11.7. The minimum atomic E-state index is -0.952. The lowest BCUT2D eigenvalue weighted by Crippen LogP contribution is -2.38. The number of carbonyl (C=O) groups excluding carboxylic acids is 2. The lowest BCUT2D eigenvalue weighted by atomic mass is 9.98. The molecule has 0 aliphatic heterocycles. The van der Waals surface area contributed by atoms with Crippen molar-refractivity contribution in [3.63, 3.8) is 0 Å². The van der Waals surface area contributed by atoms with Gasteiger partial charge in [0.1, 0.15) is 5.03 Å². The standard InChI is InChI=1S/C23H22N2O3S/c1-16(28-23(27)19-14-9-15-24-22(19)29-2)21(26)25-20(17-10-5-3-6-11-17)18-12-7-4-8-13-18/h3-16,20H,1-2H3,(H,25,26)/t16-/m1/s1. The highest BCUT2D eigenvalue weighted by molar-refractivity contribution is 7.98. The Hall–Kier alpha value is -3.12. The number of pyridine rings is 1. The van der Waals surface area contributed by atoms with Crippen molar-refractivity contribution in [1.82, 2.24) is 10.3 Å². The van der Waals surface area contributed by atoms with E-state index in [9.17, 15) is 9.59 Å². The second kappa shape index (κ2) is 9.89. The van der Waals surface area contributed by atoms with Crippen molar-refractivity contribution in [2.75, 3.05) is 6.26 Å². The van der Waals surface area contributed by atoms with Crippen LogP contribution in [0.2, 0.25) is 0 Å². The Bertz CT molecular complexity index is 925. The van der Waals surface area contributed by atoms with E-state index in [0.717, 1.165) is 11.1 Å². The van der Waals surface area contributed by atoms with Crippen molar-refractivity contribution in [3.05, 3.63) is 95.7 Å². The molecule has 5 nitrogen and oxygen atoms in total. The van der Waals surface area contributed by atoms with Crippen LogP contribution in [0.4, 0.5) is 0 Å². The van der Waals surface area contributed by atoms with Gasteiger partial charge in [0, 0.05) is 6.20 Å². The minimum Gasteiger partial charge on any atom is -0.449 e. The van der Waals surface area contributed by atoms with Crippen molar-refractivity contribution in [2.24, 2.45) is 0 Å². The number of thioether (sulfide) groups is 1. The Morgan fingerprint density at radius 2 is 1.52 bits per heavy atom. The SMILES string of the molecule is CSc1ncccc1C(=O)O[C@H](C)C(=O)NC(c1ccccc1)c1ccccc1. The third kappa shape index (κ3) is 5.23. The molecule has 0 bridgehead atoms. The van der Waals surface area contributed by atoms with Crippen LogP contribution >= 0.6 is 11.8 Å². The average Bonchev–Trinajstić information content (AvgIpc) is 2.78. The van der Waals surface area contributed by atoms with E-state index in [4.69, 9.17) is 4.74 Å². The van der Waals surface area contributed by atoms with Gasteiger partial charge in [-0.05, 0) is 36.4 Å². The molecule has 0 saturated carbocycles. The summed E-state index contributed by atoms with van der Waals surface area (Å²) in [7, 11) is 0. The number of aromatic nitrogens is 1. The van der Waals surface area contributed by atoms with Gasteiger partial charge in [-0.25, -0.2) is 9.78 Å². The van der Waals surface area contributed by atoms with Crippen LogP contribution in [0.25, 0.3) is 0 Å². The number of carbonyl (C=O) groups is 2. The van der Waals surface area contributed by atoms with Crippen molar-refractivity contribution >= 4 is 23.6 Å². The summed E-state index contributed by atoms with van der Waals surface area (Å²) in [5, 5.41) is 3.56. The predicted octanol–water partition coefficient (Wildman–Crippen LogP) is 4.25. The number of nitrogens with zero attached hydrogens (tertiary/aromatic N) is 1. The minimum absolute atomic E-state index is 0.341. The second-order valence-corrected chi connectivity index (χ2v) is 7.17. The smallest absolute Gasteiger partial charge is 0.341 e. The summed E-state index contributed by atoms with van der Waals surface area (Å²) in [5.74, 6) is -0.938. The monoisotopic (exact) mass is 406 g/mol. The number of hydrogen-bond acceptors (Lipinski definition) is 5. The molecule has 3 aromatic rings. The highest BCUT2D eigenvalue weighted by Crippen LogP contribution is 2.22. The van der Waals surface area contributed by atoms with E-state index in [1.807, 2.05) is 66.9 Å². The molecule has 29 heavy (non-hydrogen) atoms. The third-order valence-corrected chi connectivity index (χ3v) is 5.10. The molecule has 1 heterocycles. The Morgan fingerprint density at radius 3 is 2.07 bits per heavy atom. The molecule has 0 fully saturated rings. The highest BCUT2D eigenvalue weighted by Gasteiger charge is 2.24. The number of benzene rings is 2. The van der Waals surface area contributed by atoms with Gasteiger partial charge in [0.25, 0.3) is 5.91 Å². The highest BCUT2D eigenvalue weighted by atomic mass is 32.2. The van der Waals surface area contributed by atoms with Gasteiger partial charge in [0.2, 0.25) is 0 Å². The van der Waals surface area contributed by atoms with E-state index in [1.54, 1.807) is 25.3 Å². The van der Waals surface area contributed by atoms with Crippen molar-refractivity contribution in [1.29, 1.82) is 0 Å². The van der Waals surface area contributed by atoms with Crippen LogP contribution in [-0.2, 0) is 9.53 Å². The van der Waals surface area contributed by atoms with Gasteiger partial charge in [0.05, 0.1) is 11.6 Å². The summed E-state index contributed by atoms with van der Waals surface area (Å²) in [6, 6.07) is 22.3. The molecule has 0 saturated heterocycles. The maximum atomic E-state index is 12.8. The zero-order chi connectivity index (χ0) is 20.6. The van der Waals surface area contributed by atoms with E-state index in [2.05, 4.69) is 10.3 Å². The Labute approximate surface area is 174 Å². The fraction of sp³-hybridized carbons (Fsp3) is 0.174. The van der Waals surface area contributed by atoms with E-state index in [0.29, 0.717) is 10.6 Å². The van der Waals surface area contributed by atoms with Crippen molar-refractivity contribution in [3.8, 4) is 0 Å². The quantitative estimate of drug-likeness (QED) is 0.469. The molecule has 0 spiro atoms. The van der Waals surface area contributed by atoms with Crippen molar-refractivity contribution in [2.45, 2.75) is 24.1 Å². The molecule has 1 N–H and O–H groups in total. The predicted molar refractivity (Wildman–Crippen MR) is 114 cm³/mol. The largest absolute Gasteiger partial charge is 0.449 e. The Balaban J connectivity index is 1.75. The molecule has 6 heteroatoms. The molecule has 3 rings (SSSR count). The molecule has 1 atom stereocenters. The van der Waals surface area contributed by atoms with E-state index in [1.165, 1.54) is 11.8 Å². The number of rotatable bonds is 7. The summed E-state index contributed by atoms with van der Waals surface area (Å²) in [6.45, 7) is 1.56. The summed E-state index contributed by atoms with van der Waals surface area (Å²) >= 11 is 1.35. The third-order valence-electron chi connectivity index (χ3n) is 4.39. The van der Waals surface area contributed by atoms with Gasteiger partial charge in [-0.1, -0.05) is 60.7 Å². The Kier molecular flexibility index (Phi) is 7.03. The van der Waals surface area contributed by atoms with Crippen LogP contribution in [-0.4, -0.2) is 29.2 Å². The van der Waals surface area contributed by atoms with Crippen LogP contribution in [0.1, 0.15) is 34.5 Å². The van der Waals surface area contributed by atoms with E-state index < -0.39 is 12.1 Å². The molecule has 0 aliphatic carbocycles. The van der Waals surface area contributed by atoms with Gasteiger partial charge < -0.3 is 10.1 Å². The Morgan fingerprint density at radius 1 is 0.931 bits per heavy atom. The first-order valence-electron chi connectivity index (χ1n) is 9.20. The number of nitrogens with one attached hydrogen (secondary N) is 1. The van der Waals surface area contributed by atoms with Crippen LogP contribution in [0.5, 0.6) is 0 Å². The maximum Gasteiger partial charge on any atom is 0.341 e. The zero-order valence-electron chi connectivity index (χ0n) is 16.2. The fourth-order valence-corrected chi connectivity index (χ4v) is 3.43. The molecule has 1 amide bonds. The van der Waals surface area contributed by atoms with Crippen molar-refractivity contribution < 1.29 is 14.3 Å². The number of esters is 1. The topological polar surface area (TPSA) is 68.3 Å². The van der Waals surface area contributed by atoms with Crippen LogP contribution in [0.3, 0.4) is 0 Å². The van der Waals surface area contributed by atoms with Gasteiger partial charge in [-0.2, -0.15) is 0 Å². The van der Waals surface area contributed by atoms with Crippen LogP contribution in [0.15, 0.2) is 84.0 Å². The van der Waals surface area contributed by atoms with Gasteiger partial charge in [-0.3, -0.25) is 4.79 Å². The lowest BCUT2D eigenvalue weighted by Gasteiger charge is -2.22. The summed E-state index contributed by atoms with van der Waals surface area (Å²) in [5.41, 5.74) is 2.24. The van der Waals surface area contributed by atoms with E-state index >= 15 is 0 Å². The summed E-state index contributed by atoms with van der Waals surface area (Å²) < 4.78 is 5.41. The van der Waals surface area contributed by atoms with Gasteiger partial charge >= 0.3 is 5.97 Å². The second-order valence-electron chi connectivity index (χ2n) is 6.37. The number of amides is 1. The van der Waals surface area contributed by atoms with Crippen LogP contribution < -0.4 is 5.32 Å². The van der Waals surface area contributed by atoms with Gasteiger partial charge in [-0.15, -0.1) is 11.8 Å². The molecule has 0 aliphatic rings. The molecule has 148 valence electrons. The molecule has 0 unspecified atom stereocenters. The first-order chi connectivity index (χ1) is 14.1. The molecule has 2 aromatic carbocycles. The lowest BCUT2D eigenvalue weighted by molar-refractivity contribution is -0.129. The summed E-state index contributed by atoms with van der Waals surface area (Å²) in [6.07, 6.45) is 2.50. The zero-order valence-corrected chi connectivity index (χ0v) is 17.1. The molecular formula is C23H22N2O3S. The summed E-state index contributed by atoms with van der Waals surface area (Å²) in [4.78, 5) is 29.5. The van der Waals surface area contributed by atoms with Crippen LogP contribution in [0, 0.1) is 0 Å². The van der Waals surface area contributed by atoms with E-state index in [-0.39, 0.29) is 11.9 Å². The number of ether oxygens (including phenoxy) is 1. The molecule has 0 radical (unpaired) electrons. The molecular weight excluding hydrogens is 384 g/mol. The first-order valence-corrected chi connectivity index (χ1v) is 10.4. The molecule has 1 aromatic heterocycles. The maximum absolute atomic E-state index is 12.8. The average molecular weight is 407 g/mol. The first kappa shape index (κ1) is 20.6. The van der Waals surface area contributed by atoms with Gasteiger partial charge in [0.15, 0.2) is 6.10 Å². The number of hydrogen-bond donors (Lipinski definition) is 1.